The minimum absolute atomic E-state index is 0.0544. The molecule has 2 aliphatic rings. The van der Waals surface area contributed by atoms with Gasteiger partial charge in [0.25, 0.3) is 0 Å². The molecule has 1 saturated heterocycles. The number of piperazine rings is 1. The molecule has 214 valence electrons. The molecule has 5 rings (SSSR count). The van der Waals surface area contributed by atoms with E-state index in [9.17, 15) is 14.7 Å². The number of pyridine rings is 2. The Bertz CT molecular complexity index is 1530. The van der Waals surface area contributed by atoms with Crippen LogP contribution in [0.3, 0.4) is 0 Å². The maximum absolute atomic E-state index is 15.9. The number of carboxylic acid groups (broad SMARTS) is 1. The second-order valence-corrected chi connectivity index (χ2v) is 10.5. The topological polar surface area (TPSA) is 97.1 Å². The number of aromatic nitrogens is 2. The predicted molar refractivity (Wildman–Crippen MR) is 146 cm³/mol. The molecule has 0 saturated carbocycles. The van der Waals surface area contributed by atoms with E-state index in [0.717, 1.165) is 47.7 Å². The van der Waals surface area contributed by atoms with E-state index in [1.54, 1.807) is 11.8 Å². The van der Waals surface area contributed by atoms with Gasteiger partial charge in [0.05, 0.1) is 23.2 Å². The van der Waals surface area contributed by atoms with Crippen LogP contribution in [0.1, 0.15) is 60.8 Å². The Balaban J connectivity index is 1.40. The summed E-state index contributed by atoms with van der Waals surface area (Å²) in [5, 5.41) is 9.10. The van der Waals surface area contributed by atoms with Crippen LogP contribution in [0.25, 0.3) is 10.9 Å². The van der Waals surface area contributed by atoms with Crippen molar-refractivity contribution >= 4 is 22.6 Å². The van der Waals surface area contributed by atoms with E-state index in [-0.39, 0.29) is 35.5 Å². The Morgan fingerprint density at radius 1 is 1.25 bits per heavy atom. The van der Waals surface area contributed by atoms with Crippen LogP contribution in [-0.2, 0) is 24.4 Å². The van der Waals surface area contributed by atoms with Crippen molar-refractivity contribution in [3.05, 3.63) is 62.7 Å². The van der Waals surface area contributed by atoms with Crippen molar-refractivity contribution < 1.29 is 28.2 Å². The highest BCUT2D eigenvalue weighted by atomic mass is 19.1. The Morgan fingerprint density at radius 2 is 2.02 bits per heavy atom. The highest BCUT2D eigenvalue weighted by molar-refractivity contribution is 5.93. The van der Waals surface area contributed by atoms with Gasteiger partial charge in [-0.15, -0.1) is 0 Å². The van der Waals surface area contributed by atoms with Crippen molar-refractivity contribution in [1.82, 2.24) is 14.5 Å². The maximum atomic E-state index is 15.9. The molecular weight excluding hydrogens is 522 g/mol. The number of hydrogen-bond donors (Lipinski definition) is 1. The summed E-state index contributed by atoms with van der Waals surface area (Å²) in [5.41, 5.74) is 1.08. The first-order valence-electron chi connectivity index (χ1n) is 13.7. The van der Waals surface area contributed by atoms with E-state index < -0.39 is 28.6 Å². The van der Waals surface area contributed by atoms with Gasteiger partial charge in [-0.2, -0.15) is 0 Å². The summed E-state index contributed by atoms with van der Waals surface area (Å²) >= 11 is 0. The van der Waals surface area contributed by atoms with Crippen molar-refractivity contribution in [2.24, 2.45) is 0 Å². The predicted octanol–water partition coefficient (Wildman–Crippen LogP) is 4.45. The number of halogens is 2. The Labute approximate surface area is 230 Å². The SMILES string of the molecule is CCCC1OCc2c(CN3CCN(c4c(F)cc5c(=O)c(C(=O)O)cn(CC)c5c4F)CC3C)cnc(C)c2O1. The molecule has 1 N–H and O–H groups in total. The lowest BCUT2D eigenvalue weighted by atomic mass is 10.0. The lowest BCUT2D eigenvalue weighted by Gasteiger charge is -2.41. The summed E-state index contributed by atoms with van der Waals surface area (Å²) < 4.78 is 44.7. The molecule has 9 nitrogen and oxygen atoms in total. The molecule has 0 aliphatic carbocycles. The second kappa shape index (κ2) is 11.1. The lowest BCUT2D eigenvalue weighted by molar-refractivity contribution is -0.112. The lowest BCUT2D eigenvalue weighted by Crippen LogP contribution is -2.52. The van der Waals surface area contributed by atoms with E-state index in [1.807, 2.05) is 20.0 Å². The summed E-state index contributed by atoms with van der Waals surface area (Å²) in [6.45, 7) is 10.2. The van der Waals surface area contributed by atoms with E-state index in [4.69, 9.17) is 9.47 Å². The fourth-order valence-corrected chi connectivity index (χ4v) is 5.67. The molecule has 11 heteroatoms. The standard InChI is InChI=1S/C29H34F2N4O5/c1-5-7-23-39-15-21-18(11-32-17(4)28(21)40-23)13-34-8-9-35(12-16(34)3)26-22(30)10-19-25(24(26)31)33(6-2)14-20(27(19)36)29(37)38/h10-11,14,16,23H,5-9,12-13,15H2,1-4H3,(H,37,38). The van der Waals surface area contributed by atoms with Crippen molar-refractivity contribution in [2.75, 3.05) is 24.5 Å². The first-order chi connectivity index (χ1) is 19.1. The molecule has 1 aromatic carbocycles. The minimum Gasteiger partial charge on any atom is -0.477 e. The zero-order valence-electron chi connectivity index (χ0n) is 23.2. The number of fused-ring (bicyclic) bond motifs is 2. The molecule has 1 fully saturated rings. The third-order valence-electron chi connectivity index (χ3n) is 7.85. The first kappa shape index (κ1) is 28.0. The van der Waals surface area contributed by atoms with Crippen molar-refractivity contribution in [1.29, 1.82) is 0 Å². The normalized spacial score (nSPS) is 19.5. The van der Waals surface area contributed by atoms with Crippen LogP contribution in [0, 0.1) is 18.6 Å². The molecule has 0 bridgehead atoms. The monoisotopic (exact) mass is 556 g/mol. The first-order valence-corrected chi connectivity index (χ1v) is 13.7. The van der Waals surface area contributed by atoms with Gasteiger partial charge in [-0.3, -0.25) is 14.7 Å². The van der Waals surface area contributed by atoms with Gasteiger partial charge in [-0.1, -0.05) is 13.3 Å². The molecule has 0 spiro atoms. The summed E-state index contributed by atoms with van der Waals surface area (Å²) in [5.74, 6) is -2.41. The van der Waals surface area contributed by atoms with Gasteiger partial charge in [0, 0.05) is 63.1 Å². The molecule has 3 aromatic rings. The van der Waals surface area contributed by atoms with Gasteiger partial charge in [-0.25, -0.2) is 13.6 Å². The zero-order valence-corrected chi connectivity index (χ0v) is 23.2. The van der Waals surface area contributed by atoms with E-state index in [1.165, 1.54) is 4.57 Å². The third kappa shape index (κ3) is 4.92. The number of benzene rings is 1. The molecule has 0 radical (unpaired) electrons. The molecule has 2 aliphatic heterocycles. The van der Waals surface area contributed by atoms with Crippen LogP contribution in [0.2, 0.25) is 0 Å². The number of aryl methyl sites for hydroxylation is 2. The van der Waals surface area contributed by atoms with Crippen LogP contribution < -0.4 is 15.1 Å². The van der Waals surface area contributed by atoms with Crippen LogP contribution in [0.15, 0.2) is 23.3 Å². The van der Waals surface area contributed by atoms with Crippen LogP contribution in [0.5, 0.6) is 5.75 Å². The van der Waals surface area contributed by atoms with Gasteiger partial charge < -0.3 is 24.0 Å². The van der Waals surface area contributed by atoms with Crippen molar-refractivity contribution in [2.45, 2.75) is 72.6 Å². The molecular formula is C29H34F2N4O5. The van der Waals surface area contributed by atoms with Crippen molar-refractivity contribution in [3.8, 4) is 5.75 Å². The fraction of sp³-hybridized carbons (Fsp3) is 0.483. The Hall–Kier alpha value is -3.57. The number of nitrogens with zero attached hydrogens (tertiary/aromatic N) is 4. The second-order valence-electron chi connectivity index (χ2n) is 10.5. The highest BCUT2D eigenvalue weighted by Gasteiger charge is 2.31. The van der Waals surface area contributed by atoms with Crippen LogP contribution >= 0.6 is 0 Å². The maximum Gasteiger partial charge on any atom is 0.341 e. The summed E-state index contributed by atoms with van der Waals surface area (Å²) in [6.07, 6.45) is 4.44. The average molecular weight is 557 g/mol. The number of ether oxygens (including phenoxy) is 2. The number of anilines is 1. The van der Waals surface area contributed by atoms with Gasteiger partial charge in [0.2, 0.25) is 5.43 Å². The van der Waals surface area contributed by atoms with Crippen molar-refractivity contribution in [3.63, 3.8) is 0 Å². The average Bonchev–Trinajstić information content (AvgIpc) is 2.92. The summed E-state index contributed by atoms with van der Waals surface area (Å²) in [6, 6.07) is 0.906. The van der Waals surface area contributed by atoms with Gasteiger partial charge >= 0.3 is 5.97 Å². The fourth-order valence-electron chi connectivity index (χ4n) is 5.67. The molecule has 2 aromatic heterocycles. The molecule has 40 heavy (non-hydrogen) atoms. The smallest absolute Gasteiger partial charge is 0.341 e. The largest absolute Gasteiger partial charge is 0.477 e. The van der Waals surface area contributed by atoms with Gasteiger partial charge in [0.15, 0.2) is 12.1 Å². The summed E-state index contributed by atoms with van der Waals surface area (Å²) in [7, 11) is 0. The van der Waals surface area contributed by atoms with Gasteiger partial charge in [-0.05, 0) is 32.4 Å². The molecule has 2 unspecified atom stereocenters. The molecule has 2 atom stereocenters. The Morgan fingerprint density at radius 3 is 2.70 bits per heavy atom. The molecule has 4 heterocycles. The number of carboxylic acids is 1. The number of hydrogen-bond acceptors (Lipinski definition) is 7. The number of aromatic carboxylic acids is 1. The highest BCUT2D eigenvalue weighted by Crippen LogP contribution is 2.35. The van der Waals surface area contributed by atoms with E-state index in [2.05, 4.69) is 16.8 Å². The minimum atomic E-state index is -1.44. The Kier molecular flexibility index (Phi) is 7.78. The van der Waals surface area contributed by atoms with Gasteiger partial charge in [0.1, 0.15) is 22.8 Å². The number of carbonyl (C=O) groups is 1. The molecule has 0 amide bonds. The zero-order chi connectivity index (χ0) is 28.7. The van der Waals surface area contributed by atoms with Crippen LogP contribution in [0.4, 0.5) is 14.5 Å². The quantitative estimate of drug-likeness (QED) is 0.456. The number of rotatable bonds is 7. The summed E-state index contributed by atoms with van der Waals surface area (Å²) in [4.78, 5) is 32.7. The third-order valence-corrected chi connectivity index (χ3v) is 7.85. The van der Waals surface area contributed by atoms with Crippen LogP contribution in [-0.4, -0.2) is 57.5 Å². The van der Waals surface area contributed by atoms with E-state index >= 15 is 8.78 Å². The van der Waals surface area contributed by atoms with E-state index in [0.29, 0.717) is 32.8 Å².